The highest BCUT2D eigenvalue weighted by Gasteiger charge is 2.10. The Hall–Kier alpha value is -1.59. The Kier molecular flexibility index (Phi) is 3.84. The molecule has 18 heavy (non-hydrogen) atoms. The van der Waals surface area contributed by atoms with E-state index < -0.39 is 0 Å². The molecule has 0 saturated carbocycles. The second-order valence-electron chi connectivity index (χ2n) is 4.65. The zero-order valence-electron chi connectivity index (χ0n) is 11.2. The summed E-state index contributed by atoms with van der Waals surface area (Å²) in [6.45, 7) is 4.03. The molecule has 0 fully saturated rings. The fourth-order valence-corrected chi connectivity index (χ4v) is 1.98. The van der Waals surface area contributed by atoms with E-state index in [1.807, 2.05) is 30.9 Å². The summed E-state index contributed by atoms with van der Waals surface area (Å²) in [7, 11) is 4.05. The predicted octanol–water partition coefficient (Wildman–Crippen LogP) is 1.41. The number of imidazole rings is 1. The van der Waals surface area contributed by atoms with E-state index in [2.05, 4.69) is 23.0 Å². The molecule has 0 bridgehead atoms. The highest BCUT2D eigenvalue weighted by Crippen LogP contribution is 2.16. The van der Waals surface area contributed by atoms with Crippen LogP contribution in [-0.2, 0) is 26.7 Å². The molecule has 0 aliphatic carbocycles. The van der Waals surface area contributed by atoms with Crippen LogP contribution in [0, 0.1) is 6.92 Å². The SMILES string of the molecule is Cc1cc(CN(C)Cc2nccn2C)oc1CN. The molecule has 0 aliphatic heterocycles. The van der Waals surface area contributed by atoms with Crippen molar-refractivity contribution in [3.05, 3.63) is 41.4 Å². The first kappa shape index (κ1) is 12.9. The molecule has 0 aromatic carbocycles. The number of nitrogens with zero attached hydrogens (tertiary/aromatic N) is 3. The molecular weight excluding hydrogens is 228 g/mol. The summed E-state index contributed by atoms with van der Waals surface area (Å²) in [5.74, 6) is 2.86. The van der Waals surface area contributed by atoms with Gasteiger partial charge in [-0.25, -0.2) is 4.98 Å². The second kappa shape index (κ2) is 5.37. The Morgan fingerprint density at radius 3 is 2.78 bits per heavy atom. The predicted molar refractivity (Wildman–Crippen MR) is 69.7 cm³/mol. The van der Waals surface area contributed by atoms with Crippen molar-refractivity contribution in [2.75, 3.05) is 7.05 Å². The van der Waals surface area contributed by atoms with Gasteiger partial charge in [-0.15, -0.1) is 0 Å². The molecule has 0 aliphatic rings. The molecule has 2 heterocycles. The Balaban J connectivity index is 1.98. The Bertz CT molecular complexity index is 515. The van der Waals surface area contributed by atoms with Crippen molar-refractivity contribution >= 4 is 0 Å². The lowest BCUT2D eigenvalue weighted by Crippen LogP contribution is -2.19. The zero-order chi connectivity index (χ0) is 13.1. The molecule has 2 rings (SSSR count). The molecule has 5 nitrogen and oxygen atoms in total. The van der Waals surface area contributed by atoms with Crippen LogP contribution in [0.25, 0.3) is 0 Å². The van der Waals surface area contributed by atoms with Gasteiger partial charge >= 0.3 is 0 Å². The summed E-state index contributed by atoms with van der Waals surface area (Å²) < 4.78 is 7.71. The van der Waals surface area contributed by atoms with Crippen molar-refractivity contribution in [1.29, 1.82) is 0 Å². The maximum Gasteiger partial charge on any atom is 0.122 e. The molecule has 0 amide bonds. The minimum absolute atomic E-state index is 0.453. The van der Waals surface area contributed by atoms with E-state index in [9.17, 15) is 0 Å². The first-order chi connectivity index (χ1) is 8.60. The summed E-state index contributed by atoms with van der Waals surface area (Å²) in [6.07, 6.45) is 3.76. The highest BCUT2D eigenvalue weighted by atomic mass is 16.3. The number of furan rings is 1. The molecular formula is C13H20N4O. The Labute approximate surface area is 107 Å². The van der Waals surface area contributed by atoms with Crippen molar-refractivity contribution in [1.82, 2.24) is 14.5 Å². The third-order valence-corrected chi connectivity index (χ3v) is 3.02. The van der Waals surface area contributed by atoms with Gasteiger partial charge in [0.2, 0.25) is 0 Å². The van der Waals surface area contributed by atoms with Gasteiger partial charge in [0, 0.05) is 19.4 Å². The molecule has 98 valence electrons. The molecule has 2 aromatic rings. The van der Waals surface area contributed by atoms with Crippen molar-refractivity contribution in [3.63, 3.8) is 0 Å². The zero-order valence-corrected chi connectivity index (χ0v) is 11.2. The monoisotopic (exact) mass is 248 g/mol. The summed E-state index contributed by atoms with van der Waals surface area (Å²) in [5, 5.41) is 0. The van der Waals surface area contributed by atoms with Gasteiger partial charge in [-0.1, -0.05) is 0 Å². The van der Waals surface area contributed by atoms with Crippen LogP contribution in [0.15, 0.2) is 22.9 Å². The van der Waals surface area contributed by atoms with E-state index in [0.717, 1.165) is 36.0 Å². The largest absolute Gasteiger partial charge is 0.463 e. The van der Waals surface area contributed by atoms with Crippen LogP contribution in [0.2, 0.25) is 0 Å². The summed E-state index contributed by atoms with van der Waals surface area (Å²) in [6, 6.07) is 2.05. The minimum Gasteiger partial charge on any atom is -0.463 e. The van der Waals surface area contributed by atoms with E-state index in [1.54, 1.807) is 0 Å². The van der Waals surface area contributed by atoms with E-state index in [-0.39, 0.29) is 0 Å². The van der Waals surface area contributed by atoms with Crippen molar-refractivity contribution in [2.45, 2.75) is 26.6 Å². The molecule has 0 spiro atoms. The Morgan fingerprint density at radius 1 is 1.44 bits per heavy atom. The average Bonchev–Trinajstić information content (AvgIpc) is 2.86. The molecule has 0 saturated heterocycles. The third-order valence-electron chi connectivity index (χ3n) is 3.02. The summed E-state index contributed by atoms with van der Waals surface area (Å²) in [4.78, 5) is 6.47. The fourth-order valence-electron chi connectivity index (χ4n) is 1.98. The Morgan fingerprint density at radius 2 is 2.22 bits per heavy atom. The van der Waals surface area contributed by atoms with Crippen LogP contribution in [-0.4, -0.2) is 21.5 Å². The number of nitrogens with two attached hydrogens (primary N) is 1. The second-order valence-corrected chi connectivity index (χ2v) is 4.65. The van der Waals surface area contributed by atoms with Crippen molar-refractivity contribution < 1.29 is 4.42 Å². The van der Waals surface area contributed by atoms with Crippen LogP contribution < -0.4 is 5.73 Å². The van der Waals surface area contributed by atoms with Crippen LogP contribution in [0.1, 0.15) is 22.9 Å². The third kappa shape index (κ3) is 2.80. The normalized spacial score (nSPS) is 11.4. The van der Waals surface area contributed by atoms with Crippen molar-refractivity contribution in [3.8, 4) is 0 Å². The lowest BCUT2D eigenvalue weighted by Gasteiger charge is -2.14. The lowest BCUT2D eigenvalue weighted by molar-refractivity contribution is 0.275. The van der Waals surface area contributed by atoms with E-state index in [0.29, 0.717) is 6.54 Å². The van der Waals surface area contributed by atoms with Crippen LogP contribution >= 0.6 is 0 Å². The van der Waals surface area contributed by atoms with E-state index in [4.69, 9.17) is 10.2 Å². The first-order valence-corrected chi connectivity index (χ1v) is 6.03. The smallest absolute Gasteiger partial charge is 0.122 e. The van der Waals surface area contributed by atoms with Gasteiger partial charge in [0.15, 0.2) is 0 Å². The molecule has 2 N–H and O–H groups in total. The van der Waals surface area contributed by atoms with Crippen molar-refractivity contribution in [2.24, 2.45) is 12.8 Å². The minimum atomic E-state index is 0.453. The quantitative estimate of drug-likeness (QED) is 0.869. The molecule has 5 heteroatoms. The average molecular weight is 248 g/mol. The number of aromatic nitrogens is 2. The van der Waals surface area contributed by atoms with E-state index in [1.165, 1.54) is 0 Å². The van der Waals surface area contributed by atoms with Gasteiger partial charge in [-0.2, -0.15) is 0 Å². The summed E-state index contributed by atoms with van der Waals surface area (Å²) in [5.41, 5.74) is 6.73. The first-order valence-electron chi connectivity index (χ1n) is 6.03. The highest BCUT2D eigenvalue weighted by molar-refractivity contribution is 5.19. The number of rotatable bonds is 5. The fraction of sp³-hybridized carbons (Fsp3) is 0.462. The van der Waals surface area contributed by atoms with Gasteiger partial charge in [-0.3, -0.25) is 4.90 Å². The van der Waals surface area contributed by atoms with Gasteiger partial charge in [-0.05, 0) is 25.6 Å². The lowest BCUT2D eigenvalue weighted by atomic mass is 10.2. The summed E-state index contributed by atoms with van der Waals surface area (Å²) >= 11 is 0. The van der Waals surface area contributed by atoms with Crippen LogP contribution in [0.3, 0.4) is 0 Å². The topological polar surface area (TPSA) is 60.2 Å². The molecule has 0 unspecified atom stereocenters. The molecule has 0 radical (unpaired) electrons. The molecule has 0 atom stereocenters. The van der Waals surface area contributed by atoms with Gasteiger partial charge in [0.05, 0.1) is 19.6 Å². The van der Waals surface area contributed by atoms with Gasteiger partial charge in [0.25, 0.3) is 0 Å². The van der Waals surface area contributed by atoms with Gasteiger partial charge in [0.1, 0.15) is 17.3 Å². The number of hydrogen-bond donors (Lipinski definition) is 1. The van der Waals surface area contributed by atoms with Gasteiger partial charge < -0.3 is 14.7 Å². The van der Waals surface area contributed by atoms with E-state index >= 15 is 0 Å². The number of aryl methyl sites for hydroxylation is 2. The van der Waals surface area contributed by atoms with Crippen LogP contribution in [0.4, 0.5) is 0 Å². The maximum atomic E-state index is 5.69. The standard InChI is InChI=1S/C13H20N4O/c1-10-6-11(18-12(10)7-14)8-16(2)9-13-15-4-5-17(13)3/h4-6H,7-9,14H2,1-3H3. The maximum absolute atomic E-state index is 5.69. The van der Waals surface area contributed by atoms with Crippen LogP contribution in [0.5, 0.6) is 0 Å². The number of hydrogen-bond acceptors (Lipinski definition) is 4. The molecule has 2 aromatic heterocycles.